The van der Waals surface area contributed by atoms with Crippen molar-refractivity contribution in [2.75, 3.05) is 0 Å². The first-order valence-electron chi connectivity index (χ1n) is 6.68. The molecular weight excluding hydrogens is 290 g/mol. The van der Waals surface area contributed by atoms with E-state index in [0.29, 0.717) is 5.69 Å². The predicted octanol–water partition coefficient (Wildman–Crippen LogP) is 1.12. The first-order valence-corrected chi connectivity index (χ1v) is 8.12. The monoisotopic (exact) mass is 305 g/mol. The second-order valence-corrected chi connectivity index (χ2v) is 6.83. The van der Waals surface area contributed by atoms with E-state index in [4.69, 9.17) is 0 Å². The molecule has 1 aliphatic rings. The van der Waals surface area contributed by atoms with Gasteiger partial charge in [-0.25, -0.2) is 8.42 Å². The molecule has 6 nitrogen and oxygen atoms in total. The number of aromatic amines is 1. The van der Waals surface area contributed by atoms with Gasteiger partial charge in [0.25, 0.3) is 0 Å². The summed E-state index contributed by atoms with van der Waals surface area (Å²) in [5.74, 6) is 0. The lowest BCUT2D eigenvalue weighted by molar-refractivity contribution is 0.394. The Labute approximate surface area is 122 Å². The first kappa shape index (κ1) is 14.0. The summed E-state index contributed by atoms with van der Waals surface area (Å²) in [7, 11) is -3.82. The van der Waals surface area contributed by atoms with Crippen LogP contribution in [0.5, 0.6) is 0 Å². The van der Waals surface area contributed by atoms with Gasteiger partial charge in [0.05, 0.1) is 12.2 Å². The Kier molecular flexibility index (Phi) is 3.60. The van der Waals surface area contributed by atoms with Gasteiger partial charge >= 0.3 is 0 Å². The van der Waals surface area contributed by atoms with Crippen LogP contribution in [0.1, 0.15) is 18.5 Å². The molecule has 21 heavy (non-hydrogen) atoms. The Morgan fingerprint density at radius 2 is 2.10 bits per heavy atom. The Balaban J connectivity index is 1.98. The summed E-state index contributed by atoms with van der Waals surface area (Å²) in [4.78, 5) is 18.4. The molecule has 1 saturated carbocycles. The highest BCUT2D eigenvalue weighted by molar-refractivity contribution is 7.89. The van der Waals surface area contributed by atoms with Crippen LogP contribution in [-0.4, -0.2) is 28.7 Å². The number of hydrogen-bond donors (Lipinski definition) is 1. The van der Waals surface area contributed by atoms with Crippen molar-refractivity contribution in [3.63, 3.8) is 0 Å². The summed E-state index contributed by atoms with van der Waals surface area (Å²) in [6, 6.07) is 6.55. The fourth-order valence-electron chi connectivity index (χ4n) is 2.15. The normalized spacial score (nSPS) is 15.3. The molecule has 0 aliphatic heterocycles. The van der Waals surface area contributed by atoms with E-state index >= 15 is 0 Å². The van der Waals surface area contributed by atoms with Crippen LogP contribution in [-0.2, 0) is 16.6 Å². The van der Waals surface area contributed by atoms with E-state index in [2.05, 4.69) is 9.97 Å². The predicted molar refractivity (Wildman–Crippen MR) is 77.1 cm³/mol. The minimum absolute atomic E-state index is 0.0448. The maximum absolute atomic E-state index is 12.7. The van der Waals surface area contributed by atoms with Gasteiger partial charge in [-0.2, -0.15) is 4.31 Å². The highest BCUT2D eigenvalue weighted by atomic mass is 32.2. The van der Waals surface area contributed by atoms with Crippen molar-refractivity contribution in [2.45, 2.75) is 30.3 Å². The molecule has 110 valence electrons. The zero-order valence-electron chi connectivity index (χ0n) is 11.3. The second kappa shape index (κ2) is 5.42. The Hall–Kier alpha value is -1.99. The van der Waals surface area contributed by atoms with Crippen molar-refractivity contribution in [1.82, 2.24) is 14.3 Å². The Morgan fingerprint density at radius 1 is 1.29 bits per heavy atom. The van der Waals surface area contributed by atoms with Crippen LogP contribution in [0.2, 0.25) is 0 Å². The molecule has 3 rings (SSSR count). The van der Waals surface area contributed by atoms with E-state index in [-0.39, 0.29) is 17.5 Å². The molecule has 1 fully saturated rings. The third-order valence-corrected chi connectivity index (χ3v) is 5.29. The molecule has 7 heteroatoms. The van der Waals surface area contributed by atoms with Gasteiger partial charge in [-0.3, -0.25) is 9.78 Å². The van der Waals surface area contributed by atoms with Gasteiger partial charge in [0.1, 0.15) is 4.90 Å². The molecule has 1 aliphatic carbocycles. The molecule has 0 amide bonds. The summed E-state index contributed by atoms with van der Waals surface area (Å²) < 4.78 is 26.8. The Bertz CT molecular complexity index is 782. The topological polar surface area (TPSA) is 83.1 Å². The minimum Gasteiger partial charge on any atom is -0.366 e. The molecule has 2 aromatic heterocycles. The number of sulfonamides is 1. The summed E-state index contributed by atoms with van der Waals surface area (Å²) >= 11 is 0. The summed E-state index contributed by atoms with van der Waals surface area (Å²) in [5.41, 5.74) is 0.167. The van der Waals surface area contributed by atoms with Crippen LogP contribution >= 0.6 is 0 Å². The van der Waals surface area contributed by atoms with Gasteiger partial charge < -0.3 is 4.98 Å². The van der Waals surface area contributed by atoms with E-state index in [1.807, 2.05) is 6.07 Å². The van der Waals surface area contributed by atoms with Crippen molar-refractivity contribution in [1.29, 1.82) is 0 Å². The smallest absolute Gasteiger partial charge is 0.249 e. The lowest BCUT2D eigenvalue weighted by Gasteiger charge is -2.21. The van der Waals surface area contributed by atoms with Gasteiger partial charge in [0.15, 0.2) is 0 Å². The maximum Gasteiger partial charge on any atom is 0.249 e. The van der Waals surface area contributed by atoms with Gasteiger partial charge in [0, 0.05) is 30.7 Å². The van der Waals surface area contributed by atoms with Crippen molar-refractivity contribution in [2.24, 2.45) is 0 Å². The Morgan fingerprint density at radius 3 is 2.71 bits per heavy atom. The number of pyridine rings is 2. The molecule has 0 aromatic carbocycles. The maximum atomic E-state index is 12.7. The van der Waals surface area contributed by atoms with Crippen LogP contribution in [0.4, 0.5) is 0 Å². The summed E-state index contributed by atoms with van der Waals surface area (Å²) in [6.45, 7) is 0.183. The van der Waals surface area contributed by atoms with Gasteiger partial charge in [-0.05, 0) is 25.0 Å². The zero-order valence-corrected chi connectivity index (χ0v) is 12.1. The van der Waals surface area contributed by atoms with E-state index in [0.717, 1.165) is 12.8 Å². The quantitative estimate of drug-likeness (QED) is 0.897. The van der Waals surface area contributed by atoms with Crippen molar-refractivity contribution in [3.8, 4) is 0 Å². The fraction of sp³-hybridized carbons (Fsp3) is 0.286. The number of nitrogens with one attached hydrogen (secondary N) is 1. The van der Waals surface area contributed by atoms with E-state index in [9.17, 15) is 13.2 Å². The molecule has 2 aromatic rings. The van der Waals surface area contributed by atoms with E-state index in [1.165, 1.54) is 22.8 Å². The molecule has 0 unspecified atom stereocenters. The van der Waals surface area contributed by atoms with Gasteiger partial charge in [-0.1, -0.05) is 6.07 Å². The zero-order chi connectivity index (χ0) is 14.9. The van der Waals surface area contributed by atoms with Crippen LogP contribution in [0.15, 0.2) is 52.5 Å². The summed E-state index contributed by atoms with van der Waals surface area (Å²) in [5, 5.41) is 0. The first-order chi connectivity index (χ1) is 10.1. The standard InChI is InChI=1S/C14H15N3O3S/c18-13-6-8-15-9-14(13)21(19,20)17(12-4-5-12)10-11-3-1-2-7-16-11/h1-3,6-9,12H,4-5,10H2,(H,15,18). The average molecular weight is 305 g/mol. The lowest BCUT2D eigenvalue weighted by atomic mass is 10.3. The molecule has 0 atom stereocenters. The van der Waals surface area contributed by atoms with Crippen LogP contribution < -0.4 is 5.43 Å². The lowest BCUT2D eigenvalue weighted by Crippen LogP contribution is -2.35. The number of hydrogen-bond acceptors (Lipinski definition) is 4. The molecule has 0 radical (unpaired) electrons. The third-order valence-electron chi connectivity index (χ3n) is 3.37. The molecule has 2 heterocycles. The molecule has 0 bridgehead atoms. The average Bonchev–Trinajstić information content (AvgIpc) is 3.30. The van der Waals surface area contributed by atoms with Crippen molar-refractivity contribution in [3.05, 3.63) is 58.8 Å². The van der Waals surface area contributed by atoms with E-state index < -0.39 is 15.5 Å². The number of aromatic nitrogens is 2. The minimum atomic E-state index is -3.82. The highest BCUT2D eigenvalue weighted by Gasteiger charge is 2.39. The third kappa shape index (κ3) is 2.88. The summed E-state index contributed by atoms with van der Waals surface area (Å²) in [6.07, 6.45) is 5.92. The SMILES string of the molecule is O=c1cc[nH]cc1S(=O)(=O)N(Cc1ccccn1)C1CC1. The fourth-order valence-corrected chi connectivity index (χ4v) is 3.85. The number of H-pyrrole nitrogens is 1. The molecule has 0 saturated heterocycles. The van der Waals surface area contributed by atoms with Gasteiger partial charge in [-0.15, -0.1) is 0 Å². The van der Waals surface area contributed by atoms with Crippen LogP contribution in [0, 0.1) is 0 Å². The molecular formula is C14H15N3O3S. The highest BCUT2D eigenvalue weighted by Crippen LogP contribution is 2.32. The molecule has 0 spiro atoms. The van der Waals surface area contributed by atoms with Crippen molar-refractivity contribution < 1.29 is 8.42 Å². The van der Waals surface area contributed by atoms with Crippen LogP contribution in [0.3, 0.4) is 0 Å². The van der Waals surface area contributed by atoms with Gasteiger partial charge in [0.2, 0.25) is 15.5 Å². The largest absolute Gasteiger partial charge is 0.366 e. The second-order valence-electron chi connectivity index (χ2n) is 4.98. The molecule has 1 N–H and O–H groups in total. The number of nitrogens with zero attached hydrogens (tertiary/aromatic N) is 2. The number of rotatable bonds is 5. The van der Waals surface area contributed by atoms with Crippen LogP contribution in [0.25, 0.3) is 0 Å². The van der Waals surface area contributed by atoms with E-state index in [1.54, 1.807) is 18.3 Å². The van der Waals surface area contributed by atoms with Crippen molar-refractivity contribution >= 4 is 10.0 Å².